The van der Waals surface area contributed by atoms with Crippen LogP contribution >= 0.6 is 11.6 Å². The molecule has 0 aliphatic carbocycles. The fourth-order valence-electron chi connectivity index (χ4n) is 1.92. The maximum atomic E-state index is 12.2. The van der Waals surface area contributed by atoms with Crippen molar-refractivity contribution in [3.8, 4) is 5.75 Å². The molecular formula is C16H14ClN3O6. The van der Waals surface area contributed by atoms with E-state index in [2.05, 4.69) is 10.3 Å². The molecule has 0 spiro atoms. The van der Waals surface area contributed by atoms with Crippen molar-refractivity contribution in [2.75, 3.05) is 12.4 Å². The van der Waals surface area contributed by atoms with E-state index < -0.39 is 22.9 Å². The first kappa shape index (κ1) is 19.1. The van der Waals surface area contributed by atoms with Crippen LogP contribution in [0, 0.1) is 10.1 Å². The van der Waals surface area contributed by atoms with Gasteiger partial charge in [-0.15, -0.1) is 0 Å². The molecule has 2 rings (SSSR count). The molecular weight excluding hydrogens is 366 g/mol. The minimum absolute atomic E-state index is 0.0513. The Hall–Kier alpha value is -3.20. The molecule has 0 aliphatic rings. The van der Waals surface area contributed by atoms with Crippen molar-refractivity contribution in [1.29, 1.82) is 0 Å². The maximum Gasteiger partial charge on any atom is 0.357 e. The average molecular weight is 380 g/mol. The van der Waals surface area contributed by atoms with Gasteiger partial charge in [-0.2, -0.15) is 0 Å². The number of hydrogen-bond donors (Lipinski definition) is 1. The Morgan fingerprint density at radius 1 is 1.31 bits per heavy atom. The Morgan fingerprint density at radius 3 is 2.65 bits per heavy atom. The lowest BCUT2D eigenvalue weighted by atomic mass is 10.2. The van der Waals surface area contributed by atoms with Gasteiger partial charge in [0.15, 0.2) is 6.10 Å². The molecule has 1 aromatic heterocycles. The van der Waals surface area contributed by atoms with E-state index in [-0.39, 0.29) is 27.8 Å². The molecule has 1 atom stereocenters. The Kier molecular flexibility index (Phi) is 6.07. The molecule has 0 aliphatic heterocycles. The van der Waals surface area contributed by atoms with Gasteiger partial charge in [-0.05, 0) is 31.2 Å². The van der Waals surface area contributed by atoms with Gasteiger partial charge in [0, 0.05) is 11.2 Å². The fourth-order valence-corrected chi connectivity index (χ4v) is 2.08. The summed E-state index contributed by atoms with van der Waals surface area (Å²) in [5.74, 6) is -1.32. The molecule has 1 amide bonds. The van der Waals surface area contributed by atoms with Crippen LogP contribution in [0.4, 0.5) is 11.4 Å². The van der Waals surface area contributed by atoms with E-state index in [9.17, 15) is 19.7 Å². The molecule has 0 unspecified atom stereocenters. The topological polar surface area (TPSA) is 121 Å². The van der Waals surface area contributed by atoms with Gasteiger partial charge in [0.25, 0.3) is 11.6 Å². The zero-order chi connectivity index (χ0) is 19.3. The maximum absolute atomic E-state index is 12.2. The quantitative estimate of drug-likeness (QED) is 0.465. The number of nitro groups is 1. The van der Waals surface area contributed by atoms with E-state index in [4.69, 9.17) is 21.1 Å². The van der Waals surface area contributed by atoms with Crippen LogP contribution in [-0.4, -0.2) is 35.0 Å². The van der Waals surface area contributed by atoms with E-state index >= 15 is 0 Å². The van der Waals surface area contributed by atoms with Crippen molar-refractivity contribution in [3.63, 3.8) is 0 Å². The van der Waals surface area contributed by atoms with Crippen LogP contribution in [0.5, 0.6) is 5.75 Å². The molecule has 10 heteroatoms. The Balaban J connectivity index is 2.09. The highest BCUT2D eigenvalue weighted by Gasteiger charge is 2.23. The lowest BCUT2D eigenvalue weighted by Gasteiger charge is -2.13. The van der Waals surface area contributed by atoms with Crippen LogP contribution in [0.15, 0.2) is 36.5 Å². The van der Waals surface area contributed by atoms with Crippen LogP contribution < -0.4 is 10.1 Å². The second-order valence-electron chi connectivity index (χ2n) is 5.04. The highest BCUT2D eigenvalue weighted by molar-refractivity contribution is 6.30. The lowest BCUT2D eigenvalue weighted by Crippen LogP contribution is -2.30. The SMILES string of the molecule is COc1ccc(NC(=O)[C@H](C)OC(=O)c2cc(Cl)ccn2)c([N+](=O)[O-])c1. The van der Waals surface area contributed by atoms with Gasteiger partial charge in [-0.3, -0.25) is 14.9 Å². The van der Waals surface area contributed by atoms with Crippen LogP contribution in [0.3, 0.4) is 0 Å². The molecule has 0 saturated carbocycles. The second kappa shape index (κ2) is 8.26. The van der Waals surface area contributed by atoms with Gasteiger partial charge in [0.1, 0.15) is 17.1 Å². The smallest absolute Gasteiger partial charge is 0.357 e. The molecule has 9 nitrogen and oxygen atoms in total. The van der Waals surface area contributed by atoms with Crippen LogP contribution in [0.1, 0.15) is 17.4 Å². The molecule has 2 aromatic rings. The first-order chi connectivity index (χ1) is 12.3. The van der Waals surface area contributed by atoms with E-state index in [1.165, 1.54) is 50.6 Å². The number of methoxy groups -OCH3 is 1. The number of ether oxygens (including phenoxy) is 2. The summed E-state index contributed by atoms with van der Waals surface area (Å²) in [6.07, 6.45) is 0.106. The minimum Gasteiger partial charge on any atom is -0.496 e. The number of carbonyl (C=O) groups is 2. The Morgan fingerprint density at radius 2 is 2.04 bits per heavy atom. The molecule has 0 saturated heterocycles. The molecule has 0 radical (unpaired) electrons. The number of pyridine rings is 1. The number of esters is 1. The molecule has 0 bridgehead atoms. The average Bonchev–Trinajstić information content (AvgIpc) is 2.61. The Bertz CT molecular complexity index is 858. The number of rotatable bonds is 6. The van der Waals surface area contributed by atoms with Gasteiger partial charge >= 0.3 is 5.97 Å². The molecule has 1 N–H and O–H groups in total. The number of anilines is 1. The van der Waals surface area contributed by atoms with Crippen molar-refractivity contribution >= 4 is 34.9 Å². The normalized spacial score (nSPS) is 11.3. The Labute approximate surface area is 153 Å². The second-order valence-corrected chi connectivity index (χ2v) is 5.47. The summed E-state index contributed by atoms with van der Waals surface area (Å²) in [6.45, 7) is 1.33. The first-order valence-corrected chi connectivity index (χ1v) is 7.65. The number of aromatic nitrogens is 1. The van der Waals surface area contributed by atoms with Crippen LogP contribution in [-0.2, 0) is 9.53 Å². The highest BCUT2D eigenvalue weighted by Crippen LogP contribution is 2.29. The number of carbonyl (C=O) groups excluding carboxylic acids is 2. The van der Waals surface area contributed by atoms with Crippen LogP contribution in [0.25, 0.3) is 0 Å². The number of nitro benzene ring substituents is 1. The first-order valence-electron chi connectivity index (χ1n) is 7.27. The zero-order valence-electron chi connectivity index (χ0n) is 13.8. The predicted molar refractivity (Wildman–Crippen MR) is 92.4 cm³/mol. The molecule has 26 heavy (non-hydrogen) atoms. The molecule has 1 aromatic carbocycles. The van der Waals surface area contributed by atoms with E-state index in [0.717, 1.165) is 0 Å². The standard InChI is InChI=1S/C16H14ClN3O6/c1-9(26-16(22)13-7-10(17)5-6-18-13)15(21)19-12-4-3-11(25-2)8-14(12)20(23)24/h3-9H,1-2H3,(H,19,21)/t9-/m0/s1. The third kappa shape index (κ3) is 4.67. The number of hydrogen-bond acceptors (Lipinski definition) is 7. The largest absolute Gasteiger partial charge is 0.496 e. The summed E-state index contributed by atoms with van der Waals surface area (Å²) >= 11 is 5.77. The molecule has 1 heterocycles. The number of nitrogens with zero attached hydrogens (tertiary/aromatic N) is 2. The van der Waals surface area contributed by atoms with Crippen molar-refractivity contribution in [1.82, 2.24) is 4.98 Å². The van der Waals surface area contributed by atoms with Gasteiger partial charge in [-0.25, -0.2) is 9.78 Å². The third-order valence-corrected chi connectivity index (χ3v) is 3.48. The van der Waals surface area contributed by atoms with Crippen molar-refractivity contribution in [2.45, 2.75) is 13.0 Å². The monoisotopic (exact) mass is 379 g/mol. The van der Waals surface area contributed by atoms with E-state index in [1.54, 1.807) is 0 Å². The van der Waals surface area contributed by atoms with Gasteiger partial charge in [-0.1, -0.05) is 11.6 Å². The summed E-state index contributed by atoms with van der Waals surface area (Å²) in [7, 11) is 1.36. The van der Waals surface area contributed by atoms with Crippen LogP contribution in [0.2, 0.25) is 5.02 Å². The summed E-state index contributed by atoms with van der Waals surface area (Å²) in [4.78, 5) is 38.4. The summed E-state index contributed by atoms with van der Waals surface area (Å²) in [5.41, 5.74) is -0.468. The van der Waals surface area contributed by atoms with Crippen molar-refractivity contribution in [2.24, 2.45) is 0 Å². The van der Waals surface area contributed by atoms with Crippen molar-refractivity contribution < 1.29 is 24.0 Å². The van der Waals surface area contributed by atoms with E-state index in [0.29, 0.717) is 0 Å². The van der Waals surface area contributed by atoms with Gasteiger partial charge < -0.3 is 14.8 Å². The highest BCUT2D eigenvalue weighted by atomic mass is 35.5. The summed E-state index contributed by atoms with van der Waals surface area (Å²) in [6, 6.07) is 6.72. The summed E-state index contributed by atoms with van der Waals surface area (Å²) in [5, 5.41) is 13.8. The fraction of sp³-hybridized carbons (Fsp3) is 0.188. The van der Waals surface area contributed by atoms with E-state index in [1.807, 2.05) is 0 Å². The van der Waals surface area contributed by atoms with Crippen molar-refractivity contribution in [3.05, 3.63) is 57.4 Å². The van der Waals surface area contributed by atoms with Gasteiger partial charge in [0.05, 0.1) is 18.1 Å². The number of nitrogens with one attached hydrogen (secondary N) is 1. The minimum atomic E-state index is -1.22. The number of halogens is 1. The lowest BCUT2D eigenvalue weighted by molar-refractivity contribution is -0.384. The molecule has 0 fully saturated rings. The van der Waals surface area contributed by atoms with Gasteiger partial charge in [0.2, 0.25) is 0 Å². The molecule has 136 valence electrons. The number of benzene rings is 1. The number of amides is 1. The zero-order valence-corrected chi connectivity index (χ0v) is 14.5. The third-order valence-electron chi connectivity index (χ3n) is 3.24. The predicted octanol–water partition coefficient (Wildman–Crippen LogP) is 2.84. The summed E-state index contributed by atoms with van der Waals surface area (Å²) < 4.78 is 9.92.